The van der Waals surface area contributed by atoms with Crippen LogP contribution in [0.25, 0.3) is 5.65 Å². The Kier molecular flexibility index (Phi) is 3.82. The van der Waals surface area contributed by atoms with Crippen LogP contribution < -0.4 is 0 Å². The van der Waals surface area contributed by atoms with Gasteiger partial charge in [-0.15, -0.1) is 0 Å². The molecule has 1 aliphatic heterocycles. The van der Waals surface area contributed by atoms with E-state index in [1.54, 1.807) is 6.92 Å². The second kappa shape index (κ2) is 5.99. The average molecular weight is 327 g/mol. The number of aliphatic hydroxyl groups is 1. The Morgan fingerprint density at radius 1 is 1.33 bits per heavy atom. The Hall–Kier alpha value is -2.25. The summed E-state index contributed by atoms with van der Waals surface area (Å²) in [6, 6.07) is 5.97. The minimum atomic E-state index is -0.823. The number of aryl methyl sites for hydroxylation is 1. The van der Waals surface area contributed by atoms with Crippen molar-refractivity contribution in [3.05, 3.63) is 48.0 Å². The zero-order valence-corrected chi connectivity index (χ0v) is 13.7. The van der Waals surface area contributed by atoms with Crippen molar-refractivity contribution in [1.82, 2.24) is 24.4 Å². The SMILES string of the molecule is Cc1noc(CC2(O)CCCN(Cc3cn4ccccc4n3)C2)n1. The molecular weight excluding hydrogens is 306 g/mol. The quantitative estimate of drug-likeness (QED) is 0.784. The molecule has 0 aromatic carbocycles. The summed E-state index contributed by atoms with van der Waals surface area (Å²) in [7, 11) is 0. The average Bonchev–Trinajstić information content (AvgIpc) is 3.12. The molecule has 1 unspecified atom stereocenters. The second-order valence-electron chi connectivity index (χ2n) is 6.65. The summed E-state index contributed by atoms with van der Waals surface area (Å²) in [6.45, 7) is 4.06. The number of fused-ring (bicyclic) bond motifs is 1. The van der Waals surface area contributed by atoms with Crippen LogP contribution in [0.2, 0.25) is 0 Å². The maximum Gasteiger partial charge on any atom is 0.229 e. The molecular formula is C17H21N5O2. The number of hydrogen-bond acceptors (Lipinski definition) is 6. The number of pyridine rings is 1. The van der Waals surface area contributed by atoms with Gasteiger partial charge in [0.25, 0.3) is 0 Å². The minimum Gasteiger partial charge on any atom is -0.388 e. The van der Waals surface area contributed by atoms with Crippen molar-refractivity contribution in [2.75, 3.05) is 13.1 Å². The molecule has 0 spiro atoms. The van der Waals surface area contributed by atoms with Crippen molar-refractivity contribution < 1.29 is 9.63 Å². The lowest BCUT2D eigenvalue weighted by Gasteiger charge is -2.38. The molecule has 4 rings (SSSR count). The summed E-state index contributed by atoms with van der Waals surface area (Å²) in [5.41, 5.74) is 1.14. The Morgan fingerprint density at radius 3 is 3.04 bits per heavy atom. The van der Waals surface area contributed by atoms with E-state index in [0.29, 0.717) is 24.7 Å². The van der Waals surface area contributed by atoms with E-state index in [9.17, 15) is 5.11 Å². The summed E-state index contributed by atoms with van der Waals surface area (Å²) < 4.78 is 7.19. The largest absolute Gasteiger partial charge is 0.388 e. The Bertz CT molecular complexity index is 809. The van der Waals surface area contributed by atoms with Gasteiger partial charge in [-0.3, -0.25) is 4.90 Å². The van der Waals surface area contributed by atoms with Gasteiger partial charge in [0.2, 0.25) is 5.89 Å². The Labute approximate surface area is 139 Å². The van der Waals surface area contributed by atoms with Gasteiger partial charge in [0, 0.05) is 25.5 Å². The lowest BCUT2D eigenvalue weighted by molar-refractivity contribution is -0.0376. The molecule has 1 atom stereocenters. The fourth-order valence-corrected chi connectivity index (χ4v) is 3.47. The van der Waals surface area contributed by atoms with Crippen LogP contribution in [0.15, 0.2) is 35.1 Å². The molecule has 3 aromatic rings. The summed E-state index contributed by atoms with van der Waals surface area (Å²) in [5, 5.41) is 14.7. The molecule has 1 saturated heterocycles. The summed E-state index contributed by atoms with van der Waals surface area (Å²) in [4.78, 5) is 11.1. The third kappa shape index (κ3) is 3.18. The van der Waals surface area contributed by atoms with Crippen LogP contribution in [-0.4, -0.2) is 48.2 Å². The highest BCUT2D eigenvalue weighted by Gasteiger charge is 2.35. The van der Waals surface area contributed by atoms with Gasteiger partial charge in [0.15, 0.2) is 5.82 Å². The molecule has 126 valence electrons. The van der Waals surface area contributed by atoms with Crippen molar-refractivity contribution in [2.24, 2.45) is 0 Å². The first-order chi connectivity index (χ1) is 11.6. The summed E-state index contributed by atoms with van der Waals surface area (Å²) in [5.74, 6) is 1.11. The first-order valence-electron chi connectivity index (χ1n) is 8.26. The van der Waals surface area contributed by atoms with Gasteiger partial charge in [-0.25, -0.2) is 4.98 Å². The predicted molar refractivity (Wildman–Crippen MR) is 87.4 cm³/mol. The highest BCUT2D eigenvalue weighted by Crippen LogP contribution is 2.26. The van der Waals surface area contributed by atoms with Gasteiger partial charge in [-0.2, -0.15) is 4.98 Å². The van der Waals surface area contributed by atoms with Gasteiger partial charge >= 0.3 is 0 Å². The molecule has 1 aliphatic rings. The van der Waals surface area contributed by atoms with Crippen LogP contribution in [0.4, 0.5) is 0 Å². The summed E-state index contributed by atoms with van der Waals surface area (Å²) >= 11 is 0. The molecule has 4 heterocycles. The smallest absolute Gasteiger partial charge is 0.229 e. The van der Waals surface area contributed by atoms with E-state index in [-0.39, 0.29) is 0 Å². The molecule has 0 amide bonds. The monoisotopic (exact) mass is 327 g/mol. The van der Waals surface area contributed by atoms with Crippen LogP contribution in [-0.2, 0) is 13.0 Å². The third-order valence-corrected chi connectivity index (χ3v) is 4.48. The lowest BCUT2D eigenvalue weighted by Crippen LogP contribution is -2.49. The van der Waals surface area contributed by atoms with Crippen LogP contribution in [0.5, 0.6) is 0 Å². The third-order valence-electron chi connectivity index (χ3n) is 4.48. The topological polar surface area (TPSA) is 79.7 Å². The van der Waals surface area contributed by atoms with Crippen molar-refractivity contribution in [3.63, 3.8) is 0 Å². The fourth-order valence-electron chi connectivity index (χ4n) is 3.47. The zero-order valence-electron chi connectivity index (χ0n) is 13.7. The maximum absolute atomic E-state index is 10.9. The van der Waals surface area contributed by atoms with E-state index in [0.717, 1.165) is 37.3 Å². The molecule has 0 radical (unpaired) electrons. The van der Waals surface area contributed by atoms with Crippen LogP contribution >= 0.6 is 0 Å². The molecule has 0 bridgehead atoms. The van der Waals surface area contributed by atoms with E-state index >= 15 is 0 Å². The molecule has 3 aromatic heterocycles. The van der Waals surface area contributed by atoms with Gasteiger partial charge < -0.3 is 14.0 Å². The minimum absolute atomic E-state index is 0.398. The number of β-amino-alcohol motifs (C(OH)–C–C–N with tert-alkyl or cyclic N) is 1. The van der Waals surface area contributed by atoms with Gasteiger partial charge in [-0.05, 0) is 38.4 Å². The number of imidazole rings is 1. The number of nitrogens with zero attached hydrogens (tertiary/aromatic N) is 5. The second-order valence-corrected chi connectivity index (χ2v) is 6.65. The van der Waals surface area contributed by atoms with Gasteiger partial charge in [-0.1, -0.05) is 11.2 Å². The standard InChI is InChI=1S/C17H21N5O2/c1-13-18-16(24-20-13)9-17(23)6-4-7-21(12-17)10-14-11-22-8-3-2-5-15(22)19-14/h2-3,5,8,11,23H,4,6-7,9-10,12H2,1H3. The maximum atomic E-state index is 10.9. The normalized spacial score (nSPS) is 22.2. The van der Waals surface area contributed by atoms with Crippen molar-refractivity contribution in [3.8, 4) is 0 Å². The molecule has 7 heteroatoms. The Morgan fingerprint density at radius 2 is 2.25 bits per heavy atom. The first-order valence-corrected chi connectivity index (χ1v) is 8.26. The fraction of sp³-hybridized carbons (Fsp3) is 0.471. The first kappa shape index (κ1) is 15.3. The number of piperidine rings is 1. The van der Waals surface area contributed by atoms with E-state index in [1.807, 2.05) is 35.0 Å². The Balaban J connectivity index is 1.45. The van der Waals surface area contributed by atoms with E-state index in [4.69, 9.17) is 4.52 Å². The highest BCUT2D eigenvalue weighted by atomic mass is 16.5. The molecule has 24 heavy (non-hydrogen) atoms. The number of likely N-dealkylation sites (tertiary alicyclic amines) is 1. The van der Waals surface area contributed by atoms with E-state index in [2.05, 4.69) is 20.0 Å². The van der Waals surface area contributed by atoms with Crippen molar-refractivity contribution >= 4 is 5.65 Å². The van der Waals surface area contributed by atoms with Crippen LogP contribution in [0.1, 0.15) is 30.3 Å². The highest BCUT2D eigenvalue weighted by molar-refractivity contribution is 5.39. The molecule has 0 saturated carbocycles. The number of rotatable bonds is 4. The van der Waals surface area contributed by atoms with Crippen molar-refractivity contribution in [2.45, 2.75) is 38.3 Å². The van der Waals surface area contributed by atoms with E-state index in [1.165, 1.54) is 0 Å². The van der Waals surface area contributed by atoms with Crippen LogP contribution in [0.3, 0.4) is 0 Å². The number of hydrogen-bond donors (Lipinski definition) is 1. The van der Waals surface area contributed by atoms with Crippen LogP contribution in [0, 0.1) is 6.92 Å². The predicted octanol–water partition coefficient (Wildman–Crippen LogP) is 1.60. The van der Waals surface area contributed by atoms with Gasteiger partial charge in [0.05, 0.1) is 17.7 Å². The van der Waals surface area contributed by atoms with E-state index < -0.39 is 5.60 Å². The lowest BCUT2D eigenvalue weighted by atomic mass is 9.89. The van der Waals surface area contributed by atoms with Crippen molar-refractivity contribution in [1.29, 1.82) is 0 Å². The molecule has 1 fully saturated rings. The zero-order chi connectivity index (χ0) is 16.6. The van der Waals surface area contributed by atoms with Gasteiger partial charge in [0.1, 0.15) is 5.65 Å². The summed E-state index contributed by atoms with van der Waals surface area (Å²) in [6.07, 6.45) is 6.13. The molecule has 1 N–H and O–H groups in total. The number of aromatic nitrogens is 4. The molecule has 7 nitrogen and oxygen atoms in total. The molecule has 0 aliphatic carbocycles.